The van der Waals surface area contributed by atoms with E-state index in [1.807, 2.05) is 0 Å². The zero-order valence-corrected chi connectivity index (χ0v) is 14.6. The zero-order chi connectivity index (χ0) is 17.1. The molecule has 3 N–H and O–H groups in total. The first-order valence-electron chi connectivity index (χ1n) is 8.32. The highest BCUT2D eigenvalue weighted by molar-refractivity contribution is 6.33. The number of nitrogens with one attached hydrogen (secondary N) is 1. The number of ether oxygens (including phenoxy) is 2. The molecule has 4 rings (SSSR count). The molecule has 3 saturated heterocycles. The number of methoxy groups -OCH3 is 1. The highest BCUT2D eigenvalue weighted by Gasteiger charge is 2.35. The van der Waals surface area contributed by atoms with Gasteiger partial charge in [-0.2, -0.15) is 0 Å². The lowest BCUT2D eigenvalue weighted by Crippen LogP contribution is -2.57. The molecule has 3 aliphatic rings. The molecule has 0 aromatic heterocycles. The number of nitrogens with two attached hydrogens (primary N) is 1. The topological polar surface area (TPSA) is 76.8 Å². The lowest BCUT2D eigenvalue weighted by atomic mass is 9.84. The van der Waals surface area contributed by atoms with Gasteiger partial charge in [0.05, 0.1) is 22.9 Å². The summed E-state index contributed by atoms with van der Waals surface area (Å²) in [6, 6.07) is 3.36. The third-order valence-electron chi connectivity index (χ3n) is 4.86. The minimum absolute atomic E-state index is 0.164. The molecule has 1 aromatic rings. The number of rotatable bonds is 6. The fourth-order valence-corrected chi connectivity index (χ4v) is 3.64. The van der Waals surface area contributed by atoms with Gasteiger partial charge >= 0.3 is 0 Å². The van der Waals surface area contributed by atoms with Crippen LogP contribution in [0.15, 0.2) is 12.1 Å². The van der Waals surface area contributed by atoms with Crippen molar-refractivity contribution in [1.29, 1.82) is 0 Å². The number of anilines is 1. The number of nitrogens with zero attached hydrogens (tertiary/aromatic N) is 1. The fourth-order valence-electron chi connectivity index (χ4n) is 3.48. The highest BCUT2D eigenvalue weighted by atomic mass is 35.5. The Kier molecular flexibility index (Phi) is 5.48. The Morgan fingerprint density at radius 3 is 2.75 bits per heavy atom. The Morgan fingerprint density at radius 2 is 2.12 bits per heavy atom. The molecule has 132 valence electrons. The van der Waals surface area contributed by atoms with Crippen molar-refractivity contribution in [3.05, 3.63) is 22.7 Å². The molecule has 0 aliphatic carbocycles. The summed E-state index contributed by atoms with van der Waals surface area (Å²) < 4.78 is 10.6. The van der Waals surface area contributed by atoms with E-state index in [0.717, 1.165) is 32.5 Å². The third-order valence-corrected chi connectivity index (χ3v) is 5.19. The molecular formula is C17H24ClN3O3. The summed E-state index contributed by atoms with van der Waals surface area (Å²) in [7, 11) is 1.60. The number of piperidine rings is 3. The van der Waals surface area contributed by atoms with Gasteiger partial charge in [0, 0.05) is 25.8 Å². The molecule has 1 unspecified atom stereocenters. The van der Waals surface area contributed by atoms with Crippen LogP contribution in [0, 0.1) is 5.92 Å². The van der Waals surface area contributed by atoms with Crippen LogP contribution in [0.25, 0.3) is 0 Å². The van der Waals surface area contributed by atoms with Crippen LogP contribution in [0.5, 0.6) is 5.75 Å². The summed E-state index contributed by atoms with van der Waals surface area (Å²) in [4.78, 5) is 15.2. The number of hydrogen-bond acceptors (Lipinski definition) is 5. The van der Waals surface area contributed by atoms with E-state index in [9.17, 15) is 4.79 Å². The Bertz CT molecular complexity index is 603. The summed E-state index contributed by atoms with van der Waals surface area (Å²) in [5, 5.41) is 3.51. The van der Waals surface area contributed by atoms with Crippen LogP contribution in [0.3, 0.4) is 0 Å². The van der Waals surface area contributed by atoms with Crippen LogP contribution in [0.4, 0.5) is 5.69 Å². The summed E-state index contributed by atoms with van der Waals surface area (Å²) in [6.07, 6.45) is 2.29. The Labute approximate surface area is 147 Å². The van der Waals surface area contributed by atoms with Crippen LogP contribution < -0.4 is 15.8 Å². The van der Waals surface area contributed by atoms with Gasteiger partial charge in [-0.25, -0.2) is 0 Å². The van der Waals surface area contributed by atoms with E-state index in [1.54, 1.807) is 19.2 Å². The van der Waals surface area contributed by atoms with Crippen LogP contribution in [0.2, 0.25) is 5.02 Å². The number of fused-ring (bicyclic) bond motifs is 3. The van der Waals surface area contributed by atoms with Crippen molar-refractivity contribution in [2.75, 3.05) is 45.7 Å². The van der Waals surface area contributed by atoms with Crippen molar-refractivity contribution < 1.29 is 14.3 Å². The lowest BCUT2D eigenvalue weighted by Gasteiger charge is -2.44. The second kappa shape index (κ2) is 7.59. The van der Waals surface area contributed by atoms with E-state index in [1.165, 1.54) is 0 Å². The first-order chi connectivity index (χ1) is 11.6. The van der Waals surface area contributed by atoms with Crippen molar-refractivity contribution >= 4 is 23.2 Å². The van der Waals surface area contributed by atoms with Gasteiger partial charge < -0.3 is 25.4 Å². The predicted octanol–water partition coefficient (Wildman–Crippen LogP) is 1.77. The minimum Gasteiger partial charge on any atom is -0.490 e. The number of nitrogen functional groups attached to an aromatic ring is 1. The summed E-state index contributed by atoms with van der Waals surface area (Å²) in [5.74, 6) is 0.830. The summed E-state index contributed by atoms with van der Waals surface area (Å²) in [5.41, 5.74) is 6.66. The SMILES string of the molecule is COCCOc1cc(N)c(Cl)cc1C(=O)NC1CN2CCC1CC2. The fraction of sp³-hybridized carbons (Fsp3) is 0.588. The van der Waals surface area contributed by atoms with Crippen LogP contribution in [0.1, 0.15) is 23.2 Å². The molecule has 0 saturated carbocycles. The van der Waals surface area contributed by atoms with Crippen molar-refractivity contribution in [1.82, 2.24) is 10.2 Å². The molecule has 3 fully saturated rings. The molecule has 24 heavy (non-hydrogen) atoms. The molecule has 2 bridgehead atoms. The van der Waals surface area contributed by atoms with Crippen LogP contribution >= 0.6 is 11.6 Å². The average Bonchev–Trinajstić information content (AvgIpc) is 2.59. The van der Waals surface area contributed by atoms with E-state index in [0.29, 0.717) is 41.2 Å². The molecule has 1 aromatic carbocycles. The van der Waals surface area contributed by atoms with Crippen LogP contribution in [-0.2, 0) is 4.74 Å². The van der Waals surface area contributed by atoms with Gasteiger partial charge in [0.2, 0.25) is 0 Å². The standard InChI is InChI=1S/C17H24ClN3O3/c1-23-6-7-24-16-9-14(19)13(18)8-12(16)17(22)20-15-10-21-4-2-11(15)3-5-21/h8-9,11,15H,2-7,10,19H2,1H3,(H,20,22). The quantitative estimate of drug-likeness (QED) is 0.602. The Morgan fingerprint density at radius 1 is 1.38 bits per heavy atom. The van der Waals surface area contributed by atoms with Crippen molar-refractivity contribution in [3.63, 3.8) is 0 Å². The number of carbonyl (C=O) groups is 1. The number of benzene rings is 1. The molecule has 0 spiro atoms. The number of amides is 1. The van der Waals surface area contributed by atoms with E-state index >= 15 is 0 Å². The van der Waals surface area contributed by atoms with Crippen molar-refractivity contribution in [2.45, 2.75) is 18.9 Å². The van der Waals surface area contributed by atoms with E-state index in [2.05, 4.69) is 10.2 Å². The third kappa shape index (κ3) is 3.77. The maximum atomic E-state index is 12.8. The van der Waals surface area contributed by atoms with Gasteiger partial charge in [0.1, 0.15) is 12.4 Å². The molecule has 0 radical (unpaired) electrons. The largest absolute Gasteiger partial charge is 0.490 e. The smallest absolute Gasteiger partial charge is 0.255 e. The molecule has 1 atom stereocenters. The first-order valence-corrected chi connectivity index (χ1v) is 8.70. The Balaban J connectivity index is 1.74. The molecule has 7 heteroatoms. The van der Waals surface area contributed by atoms with Crippen molar-refractivity contribution in [3.8, 4) is 5.75 Å². The molecule has 3 heterocycles. The maximum Gasteiger partial charge on any atom is 0.255 e. The van der Waals surface area contributed by atoms with Crippen LogP contribution in [-0.4, -0.2) is 56.8 Å². The zero-order valence-electron chi connectivity index (χ0n) is 13.9. The number of halogens is 1. The predicted molar refractivity (Wildman–Crippen MR) is 93.7 cm³/mol. The summed E-state index contributed by atoms with van der Waals surface area (Å²) in [6.45, 7) is 3.96. The van der Waals surface area contributed by atoms with Gasteiger partial charge in [0.25, 0.3) is 5.91 Å². The lowest BCUT2D eigenvalue weighted by molar-refractivity contribution is 0.0617. The van der Waals surface area contributed by atoms with E-state index < -0.39 is 0 Å². The van der Waals surface area contributed by atoms with Gasteiger partial charge in [-0.1, -0.05) is 11.6 Å². The molecule has 3 aliphatic heterocycles. The second-order valence-electron chi connectivity index (χ2n) is 6.43. The van der Waals surface area contributed by atoms with Gasteiger partial charge in [-0.15, -0.1) is 0 Å². The first kappa shape index (κ1) is 17.3. The number of hydrogen-bond donors (Lipinski definition) is 2. The minimum atomic E-state index is -0.164. The average molecular weight is 354 g/mol. The number of carbonyl (C=O) groups excluding carboxylic acids is 1. The highest BCUT2D eigenvalue weighted by Crippen LogP contribution is 2.31. The van der Waals surface area contributed by atoms with E-state index in [4.69, 9.17) is 26.8 Å². The molecule has 6 nitrogen and oxygen atoms in total. The van der Waals surface area contributed by atoms with Gasteiger partial charge in [-0.3, -0.25) is 4.79 Å². The van der Waals surface area contributed by atoms with Gasteiger partial charge in [0.15, 0.2) is 0 Å². The summed E-state index contributed by atoms with van der Waals surface area (Å²) >= 11 is 6.10. The second-order valence-corrected chi connectivity index (χ2v) is 6.84. The normalized spacial score (nSPS) is 25.5. The molecule has 1 amide bonds. The van der Waals surface area contributed by atoms with Gasteiger partial charge in [-0.05, 0) is 37.9 Å². The van der Waals surface area contributed by atoms with E-state index in [-0.39, 0.29) is 11.9 Å². The van der Waals surface area contributed by atoms with Crippen molar-refractivity contribution in [2.24, 2.45) is 5.92 Å². The molecular weight excluding hydrogens is 330 g/mol. The monoisotopic (exact) mass is 353 g/mol. The Hall–Kier alpha value is -1.50. The maximum absolute atomic E-state index is 12.8.